The number of aryl methyl sites for hydroxylation is 1. The van der Waals surface area contributed by atoms with E-state index in [0.29, 0.717) is 0 Å². The van der Waals surface area contributed by atoms with Crippen molar-refractivity contribution in [3.63, 3.8) is 0 Å². The first-order valence-electron chi connectivity index (χ1n) is 5.74. The minimum Gasteiger partial charge on any atom is -0.508 e. The second kappa shape index (κ2) is 4.38. The van der Waals surface area contributed by atoms with Gasteiger partial charge in [0, 0.05) is 12.8 Å². The fourth-order valence-corrected chi connectivity index (χ4v) is 2.66. The molecular weight excluding hydrogens is 248 g/mol. The third-order valence-corrected chi connectivity index (χ3v) is 3.60. The van der Waals surface area contributed by atoms with E-state index in [0.717, 1.165) is 34.2 Å². The van der Waals surface area contributed by atoms with Gasteiger partial charge in [-0.15, -0.1) is 10.2 Å². The van der Waals surface area contributed by atoms with Crippen LogP contribution in [0.15, 0.2) is 24.3 Å². The predicted molar refractivity (Wildman–Crippen MR) is 68.9 cm³/mol. The lowest BCUT2D eigenvalue weighted by Crippen LogP contribution is -1.95. The largest absolute Gasteiger partial charge is 0.508 e. The Hall–Kier alpha value is -1.95. The van der Waals surface area contributed by atoms with E-state index in [1.165, 1.54) is 0 Å². The van der Waals surface area contributed by atoms with E-state index in [4.69, 9.17) is 0 Å². The van der Waals surface area contributed by atoms with Crippen LogP contribution in [0.2, 0.25) is 0 Å². The Balaban J connectivity index is 1.90. The molecule has 0 saturated carbocycles. The van der Waals surface area contributed by atoms with E-state index in [1.807, 2.05) is 19.1 Å². The maximum absolute atomic E-state index is 9.24. The summed E-state index contributed by atoms with van der Waals surface area (Å²) in [5, 5.41) is 22.9. The van der Waals surface area contributed by atoms with Gasteiger partial charge >= 0.3 is 0 Å². The summed E-state index contributed by atoms with van der Waals surface area (Å²) < 4.78 is 1.81. The molecule has 2 heterocycles. The number of aromatic hydroxyl groups is 1. The molecule has 0 amide bonds. The van der Waals surface area contributed by atoms with Crippen LogP contribution in [0.3, 0.4) is 0 Å². The van der Waals surface area contributed by atoms with Gasteiger partial charge in [0.25, 0.3) is 0 Å². The summed E-state index contributed by atoms with van der Waals surface area (Å²) in [6, 6.07) is 7.18. The van der Waals surface area contributed by atoms with Gasteiger partial charge in [-0.25, -0.2) is 0 Å². The van der Waals surface area contributed by atoms with E-state index >= 15 is 0 Å². The molecule has 1 N–H and O–H groups in total. The summed E-state index contributed by atoms with van der Waals surface area (Å²) in [5.74, 6) is 1.17. The molecule has 3 rings (SSSR count). The van der Waals surface area contributed by atoms with E-state index in [-0.39, 0.29) is 5.75 Å². The molecule has 0 unspecified atom stereocenters. The van der Waals surface area contributed by atoms with Crippen molar-refractivity contribution < 1.29 is 5.11 Å². The van der Waals surface area contributed by atoms with Gasteiger partial charge in [0.15, 0.2) is 5.82 Å². The Morgan fingerprint density at radius 1 is 1.22 bits per heavy atom. The maximum Gasteiger partial charge on any atom is 0.234 e. The number of rotatable bonds is 3. The van der Waals surface area contributed by atoms with Gasteiger partial charge in [-0.1, -0.05) is 30.4 Å². The zero-order chi connectivity index (χ0) is 12.5. The van der Waals surface area contributed by atoms with Gasteiger partial charge in [0.1, 0.15) is 10.8 Å². The number of hydrogen-bond acceptors (Lipinski definition) is 5. The summed E-state index contributed by atoms with van der Waals surface area (Å²) in [7, 11) is 0. The van der Waals surface area contributed by atoms with Crippen LogP contribution in [0, 0.1) is 0 Å². The van der Waals surface area contributed by atoms with Crippen LogP contribution in [-0.4, -0.2) is 24.9 Å². The molecule has 18 heavy (non-hydrogen) atoms. The third kappa shape index (κ3) is 1.95. The van der Waals surface area contributed by atoms with Gasteiger partial charge < -0.3 is 5.11 Å². The highest BCUT2D eigenvalue weighted by atomic mass is 32.1. The lowest BCUT2D eigenvalue weighted by atomic mass is 10.1. The zero-order valence-electron chi connectivity index (χ0n) is 9.87. The highest BCUT2D eigenvalue weighted by Crippen LogP contribution is 2.19. The summed E-state index contributed by atoms with van der Waals surface area (Å²) in [5.41, 5.74) is 1.12. The number of nitrogens with zero attached hydrogens (tertiary/aromatic N) is 4. The normalized spacial score (nSPS) is 11.2. The predicted octanol–water partition coefficient (Wildman–Crippen LogP) is 2.04. The molecule has 0 atom stereocenters. The smallest absolute Gasteiger partial charge is 0.234 e. The molecule has 1 aromatic carbocycles. The van der Waals surface area contributed by atoms with Gasteiger partial charge in [-0.2, -0.15) is 9.61 Å². The Kier molecular flexibility index (Phi) is 2.71. The topological polar surface area (TPSA) is 63.3 Å². The molecule has 0 bridgehead atoms. The van der Waals surface area contributed by atoms with Gasteiger partial charge in [-0.3, -0.25) is 0 Å². The lowest BCUT2D eigenvalue weighted by molar-refractivity contribution is 0.475. The first kappa shape index (κ1) is 11.2. The average Bonchev–Trinajstić information content (AvgIpc) is 2.91. The van der Waals surface area contributed by atoms with Gasteiger partial charge in [0.2, 0.25) is 4.96 Å². The maximum atomic E-state index is 9.24. The molecule has 92 valence electrons. The molecule has 0 fully saturated rings. The number of aromatic nitrogens is 4. The highest BCUT2D eigenvalue weighted by molar-refractivity contribution is 7.16. The molecule has 0 aliphatic heterocycles. The van der Waals surface area contributed by atoms with Crippen molar-refractivity contribution >= 4 is 16.3 Å². The number of benzene rings is 1. The molecule has 0 spiro atoms. The standard InChI is InChI=1S/C12H12N4OS/c1-2-10-13-14-12-16(10)15-11(18-12)7-8-3-5-9(17)6-4-8/h3-6,17H,2,7H2,1H3. The first-order chi connectivity index (χ1) is 8.76. The second-order valence-corrected chi connectivity index (χ2v) is 5.04. The van der Waals surface area contributed by atoms with Crippen molar-refractivity contribution in [1.82, 2.24) is 19.8 Å². The Morgan fingerprint density at radius 3 is 2.72 bits per heavy atom. The molecule has 0 radical (unpaired) electrons. The molecule has 6 heteroatoms. The minimum absolute atomic E-state index is 0.283. The monoisotopic (exact) mass is 260 g/mol. The zero-order valence-corrected chi connectivity index (χ0v) is 10.7. The summed E-state index contributed by atoms with van der Waals surface area (Å²) >= 11 is 1.55. The van der Waals surface area contributed by atoms with E-state index in [1.54, 1.807) is 28.0 Å². The van der Waals surface area contributed by atoms with E-state index in [2.05, 4.69) is 15.3 Å². The molecule has 5 nitrogen and oxygen atoms in total. The van der Waals surface area contributed by atoms with Crippen molar-refractivity contribution in [3.8, 4) is 5.75 Å². The fraction of sp³-hybridized carbons (Fsp3) is 0.250. The third-order valence-electron chi connectivity index (χ3n) is 2.71. The quantitative estimate of drug-likeness (QED) is 0.782. The Labute approximate surface area is 108 Å². The van der Waals surface area contributed by atoms with Crippen LogP contribution < -0.4 is 0 Å². The summed E-state index contributed by atoms with van der Waals surface area (Å²) in [6.07, 6.45) is 1.57. The second-order valence-electron chi connectivity index (χ2n) is 4.00. The van der Waals surface area contributed by atoms with Gasteiger partial charge in [-0.05, 0) is 17.7 Å². The lowest BCUT2D eigenvalue weighted by Gasteiger charge is -1.97. The van der Waals surface area contributed by atoms with Crippen molar-refractivity contribution in [2.45, 2.75) is 19.8 Å². The SMILES string of the molecule is CCc1nnc2sc(Cc3ccc(O)cc3)nn12. The van der Waals surface area contributed by atoms with Crippen LogP contribution in [0.4, 0.5) is 0 Å². The number of hydrogen-bond donors (Lipinski definition) is 1. The molecular formula is C12H12N4OS. The Morgan fingerprint density at radius 2 is 2.00 bits per heavy atom. The fourth-order valence-electron chi connectivity index (χ4n) is 1.78. The molecule has 0 saturated heterocycles. The van der Waals surface area contributed by atoms with Crippen molar-refractivity contribution in [1.29, 1.82) is 0 Å². The van der Waals surface area contributed by atoms with Crippen LogP contribution in [0.5, 0.6) is 5.75 Å². The number of fused-ring (bicyclic) bond motifs is 1. The van der Waals surface area contributed by atoms with Crippen molar-refractivity contribution in [3.05, 3.63) is 40.7 Å². The van der Waals surface area contributed by atoms with Crippen LogP contribution in [0.25, 0.3) is 4.96 Å². The highest BCUT2D eigenvalue weighted by Gasteiger charge is 2.10. The molecule has 0 aliphatic rings. The van der Waals surface area contributed by atoms with Gasteiger partial charge in [0.05, 0.1) is 0 Å². The average molecular weight is 260 g/mol. The van der Waals surface area contributed by atoms with Crippen LogP contribution in [-0.2, 0) is 12.8 Å². The summed E-state index contributed by atoms with van der Waals surface area (Å²) in [4.78, 5) is 0.834. The molecule has 0 aliphatic carbocycles. The summed E-state index contributed by atoms with van der Waals surface area (Å²) in [6.45, 7) is 2.04. The number of phenolic OH excluding ortho intramolecular Hbond substituents is 1. The first-order valence-corrected chi connectivity index (χ1v) is 6.56. The van der Waals surface area contributed by atoms with E-state index in [9.17, 15) is 5.11 Å². The molecule has 2 aromatic heterocycles. The van der Waals surface area contributed by atoms with Crippen molar-refractivity contribution in [2.75, 3.05) is 0 Å². The minimum atomic E-state index is 0.283. The Bertz CT molecular complexity index is 671. The van der Waals surface area contributed by atoms with Crippen LogP contribution >= 0.6 is 11.3 Å². The van der Waals surface area contributed by atoms with Crippen molar-refractivity contribution in [2.24, 2.45) is 0 Å². The van der Waals surface area contributed by atoms with Crippen LogP contribution in [0.1, 0.15) is 23.3 Å². The molecule has 3 aromatic rings. The number of phenols is 1. The van der Waals surface area contributed by atoms with E-state index < -0.39 is 0 Å².